The number of halogens is 1. The Morgan fingerprint density at radius 2 is 2.13 bits per heavy atom. The summed E-state index contributed by atoms with van der Waals surface area (Å²) in [5, 5.41) is 2.88. The Morgan fingerprint density at radius 3 is 2.87 bits per heavy atom. The molecule has 1 aliphatic heterocycles. The molecule has 1 saturated heterocycles. The molecule has 30 heavy (non-hydrogen) atoms. The number of benzene rings is 1. The lowest BCUT2D eigenvalue weighted by atomic mass is 9.83. The van der Waals surface area contributed by atoms with Crippen molar-refractivity contribution in [2.45, 2.75) is 50.9 Å². The van der Waals surface area contributed by atoms with E-state index in [0.29, 0.717) is 25.3 Å². The first-order chi connectivity index (χ1) is 14.5. The average Bonchev–Trinajstić information content (AvgIpc) is 3.10. The quantitative estimate of drug-likeness (QED) is 0.838. The lowest BCUT2D eigenvalue weighted by molar-refractivity contribution is -0.128. The van der Waals surface area contributed by atoms with E-state index in [4.69, 9.17) is 4.74 Å². The van der Waals surface area contributed by atoms with Gasteiger partial charge in [0.15, 0.2) is 0 Å². The maximum absolute atomic E-state index is 14.4. The molecule has 0 bridgehead atoms. The molecule has 1 saturated carbocycles. The Hall–Kier alpha value is -2.80. The van der Waals surface area contributed by atoms with Crippen LogP contribution in [0.5, 0.6) is 0 Å². The van der Waals surface area contributed by atoms with E-state index in [1.54, 1.807) is 30.6 Å². The molecule has 2 heterocycles. The van der Waals surface area contributed by atoms with Gasteiger partial charge in [0, 0.05) is 18.9 Å². The van der Waals surface area contributed by atoms with E-state index in [2.05, 4.69) is 17.2 Å². The fourth-order valence-corrected chi connectivity index (χ4v) is 4.58. The molecule has 1 N–H and O–H groups in total. The number of ether oxygens (including phenoxy) is 1. The first-order valence-corrected chi connectivity index (χ1v) is 10.4. The second kappa shape index (κ2) is 8.52. The van der Waals surface area contributed by atoms with E-state index in [0.717, 1.165) is 18.4 Å². The Bertz CT molecular complexity index is 923. The average molecular weight is 411 g/mol. The molecule has 158 valence electrons. The van der Waals surface area contributed by atoms with Crippen LogP contribution in [-0.4, -0.2) is 40.1 Å². The van der Waals surface area contributed by atoms with Crippen LogP contribution in [-0.2, 0) is 16.1 Å². The van der Waals surface area contributed by atoms with Gasteiger partial charge in [0.05, 0.1) is 12.2 Å². The highest BCUT2D eigenvalue weighted by Crippen LogP contribution is 2.43. The van der Waals surface area contributed by atoms with Gasteiger partial charge in [-0.15, -0.1) is 0 Å². The minimum atomic E-state index is -0.868. The fourth-order valence-electron chi connectivity index (χ4n) is 4.58. The number of carbonyl (C=O) groups is 2. The molecule has 1 aliphatic carbocycles. The standard InChI is InChI=1S/C23H26FN3O3/c1-16-6-4-10-23(12-16)27(22(29)18-8-2-3-9-19(18)24)20(15-30-23)21(28)26-14-17-7-5-11-25-13-17/h2-3,5,7-9,11,13,16,20H,4,6,10,12,14-15H2,1H3,(H,26,28)/t16-,20+,23+/m1/s1. The van der Waals surface area contributed by atoms with Crippen molar-refractivity contribution < 1.29 is 18.7 Å². The number of nitrogens with zero attached hydrogens (tertiary/aromatic N) is 2. The van der Waals surface area contributed by atoms with Crippen molar-refractivity contribution in [2.24, 2.45) is 5.92 Å². The summed E-state index contributed by atoms with van der Waals surface area (Å²) in [6, 6.07) is 8.75. The van der Waals surface area contributed by atoms with Gasteiger partial charge in [-0.3, -0.25) is 19.5 Å². The van der Waals surface area contributed by atoms with Crippen molar-refractivity contribution >= 4 is 11.8 Å². The lowest BCUT2D eigenvalue weighted by Crippen LogP contribution is -2.57. The number of hydrogen-bond acceptors (Lipinski definition) is 4. The molecule has 1 aromatic carbocycles. The van der Waals surface area contributed by atoms with Crippen LogP contribution in [0.15, 0.2) is 48.8 Å². The number of nitrogens with one attached hydrogen (secondary N) is 1. The van der Waals surface area contributed by atoms with E-state index in [9.17, 15) is 14.0 Å². The summed E-state index contributed by atoms with van der Waals surface area (Å²) in [5.74, 6) is -1.05. The molecule has 1 aromatic heterocycles. The van der Waals surface area contributed by atoms with Crippen molar-refractivity contribution in [2.75, 3.05) is 6.61 Å². The van der Waals surface area contributed by atoms with Crippen molar-refractivity contribution in [3.63, 3.8) is 0 Å². The van der Waals surface area contributed by atoms with Gasteiger partial charge < -0.3 is 10.1 Å². The normalized spacial score (nSPS) is 26.0. The van der Waals surface area contributed by atoms with E-state index >= 15 is 0 Å². The molecule has 6 nitrogen and oxygen atoms in total. The molecule has 2 aromatic rings. The van der Waals surface area contributed by atoms with E-state index in [1.807, 2.05) is 6.07 Å². The third kappa shape index (κ3) is 3.94. The fraction of sp³-hybridized carbons (Fsp3) is 0.435. The predicted molar refractivity (Wildman–Crippen MR) is 109 cm³/mol. The largest absolute Gasteiger partial charge is 0.353 e. The zero-order valence-corrected chi connectivity index (χ0v) is 17.0. The van der Waals surface area contributed by atoms with Gasteiger partial charge in [-0.05, 0) is 48.9 Å². The Kier molecular flexibility index (Phi) is 5.81. The minimum Gasteiger partial charge on any atom is -0.353 e. The summed E-state index contributed by atoms with van der Waals surface area (Å²) in [6.45, 7) is 2.52. The topological polar surface area (TPSA) is 71.5 Å². The third-order valence-corrected chi connectivity index (χ3v) is 6.01. The number of carbonyl (C=O) groups excluding carboxylic acids is 2. The Labute approximate surface area is 175 Å². The molecule has 2 aliphatic rings. The molecular weight excluding hydrogens is 385 g/mol. The molecule has 3 atom stereocenters. The molecule has 4 rings (SSSR count). The number of aromatic nitrogens is 1. The van der Waals surface area contributed by atoms with Crippen LogP contribution in [0.1, 0.15) is 48.5 Å². The molecule has 0 unspecified atom stereocenters. The third-order valence-electron chi connectivity index (χ3n) is 6.01. The molecule has 1 spiro atoms. The van der Waals surface area contributed by atoms with Gasteiger partial charge in [0.1, 0.15) is 17.6 Å². The van der Waals surface area contributed by atoms with Gasteiger partial charge >= 0.3 is 0 Å². The summed E-state index contributed by atoms with van der Waals surface area (Å²) in [4.78, 5) is 32.1. The summed E-state index contributed by atoms with van der Waals surface area (Å²) < 4.78 is 20.6. The highest BCUT2D eigenvalue weighted by Gasteiger charge is 2.54. The van der Waals surface area contributed by atoms with Crippen LogP contribution >= 0.6 is 0 Å². The zero-order valence-electron chi connectivity index (χ0n) is 17.0. The van der Waals surface area contributed by atoms with Crippen molar-refractivity contribution in [3.05, 3.63) is 65.7 Å². The summed E-state index contributed by atoms with van der Waals surface area (Å²) >= 11 is 0. The van der Waals surface area contributed by atoms with Crippen molar-refractivity contribution in [1.29, 1.82) is 0 Å². The monoisotopic (exact) mass is 411 g/mol. The number of rotatable bonds is 4. The molecule has 2 amide bonds. The number of amides is 2. The Balaban J connectivity index is 1.61. The van der Waals surface area contributed by atoms with Crippen molar-refractivity contribution in [1.82, 2.24) is 15.2 Å². The van der Waals surface area contributed by atoms with E-state index in [1.165, 1.54) is 17.0 Å². The number of pyridine rings is 1. The second-order valence-electron chi connectivity index (χ2n) is 8.21. The van der Waals surface area contributed by atoms with Crippen LogP contribution in [0.25, 0.3) is 0 Å². The maximum atomic E-state index is 14.4. The summed E-state index contributed by atoms with van der Waals surface area (Å²) in [6.07, 6.45) is 6.57. The minimum absolute atomic E-state index is 0.0364. The SMILES string of the molecule is C[C@@H]1CCC[C@@]2(C1)OC[C@@H](C(=O)NCc1cccnc1)N2C(=O)c1ccccc1F. The Morgan fingerprint density at radius 1 is 1.30 bits per heavy atom. The highest BCUT2D eigenvalue weighted by molar-refractivity contribution is 5.98. The van der Waals surface area contributed by atoms with Gasteiger partial charge in [-0.1, -0.05) is 31.5 Å². The first-order valence-electron chi connectivity index (χ1n) is 10.4. The van der Waals surface area contributed by atoms with Gasteiger partial charge in [0.25, 0.3) is 5.91 Å². The first kappa shape index (κ1) is 20.5. The smallest absolute Gasteiger partial charge is 0.259 e. The number of hydrogen-bond donors (Lipinski definition) is 1. The van der Waals surface area contributed by atoms with Gasteiger partial charge in [0.2, 0.25) is 5.91 Å². The van der Waals surface area contributed by atoms with Gasteiger partial charge in [-0.25, -0.2) is 4.39 Å². The molecule has 7 heteroatoms. The molecule has 0 radical (unpaired) electrons. The van der Waals surface area contributed by atoms with Crippen LogP contribution in [0, 0.1) is 11.7 Å². The van der Waals surface area contributed by atoms with Crippen LogP contribution < -0.4 is 5.32 Å². The second-order valence-corrected chi connectivity index (χ2v) is 8.21. The maximum Gasteiger partial charge on any atom is 0.259 e. The van der Waals surface area contributed by atoms with Crippen molar-refractivity contribution in [3.8, 4) is 0 Å². The van der Waals surface area contributed by atoms with Crippen LogP contribution in [0.4, 0.5) is 4.39 Å². The van der Waals surface area contributed by atoms with E-state index in [-0.39, 0.29) is 18.1 Å². The zero-order chi connectivity index (χ0) is 21.1. The molecular formula is C23H26FN3O3. The lowest BCUT2D eigenvalue weighted by Gasteiger charge is -2.43. The molecule has 2 fully saturated rings. The van der Waals surface area contributed by atoms with Crippen LogP contribution in [0.2, 0.25) is 0 Å². The summed E-state index contributed by atoms with van der Waals surface area (Å²) in [7, 11) is 0. The highest BCUT2D eigenvalue weighted by atomic mass is 19.1. The van der Waals surface area contributed by atoms with Crippen LogP contribution in [0.3, 0.4) is 0 Å². The summed E-state index contributed by atoms with van der Waals surface area (Å²) in [5.41, 5.74) is -0.0451. The predicted octanol–water partition coefficient (Wildman–Crippen LogP) is 3.28. The van der Waals surface area contributed by atoms with E-state index < -0.39 is 23.5 Å². The van der Waals surface area contributed by atoms with Gasteiger partial charge in [-0.2, -0.15) is 0 Å².